The van der Waals surface area contributed by atoms with Crippen molar-refractivity contribution in [1.29, 1.82) is 0 Å². The van der Waals surface area contributed by atoms with Gasteiger partial charge in [0.05, 0.1) is 32.5 Å². The molecule has 0 aromatic heterocycles. The molecule has 5 heteroatoms. The second-order valence-corrected chi connectivity index (χ2v) is 5.54. The molecule has 1 aliphatic rings. The molecule has 0 saturated carbocycles. The fourth-order valence-electron chi connectivity index (χ4n) is 2.40. The van der Waals surface area contributed by atoms with Crippen LogP contribution in [0.5, 0.6) is 11.5 Å². The minimum absolute atomic E-state index is 0.118. The third-order valence-corrected chi connectivity index (χ3v) is 3.81. The number of aliphatic hydroxyl groups is 2. The Bertz CT molecular complexity index is 565. The van der Waals surface area contributed by atoms with E-state index in [1.54, 1.807) is 18.2 Å². The fourth-order valence-corrected chi connectivity index (χ4v) is 2.40. The molecule has 2 rings (SSSR count). The van der Waals surface area contributed by atoms with E-state index in [1.807, 2.05) is 18.2 Å². The molecule has 0 bridgehead atoms. The Kier molecular flexibility index (Phi) is 6.65. The SMILES string of the molecule is COc1cc(O)c2c(c1)/C=C/CC(O)C(O)C/C=C\CCOC2. The largest absolute Gasteiger partial charge is 0.507 e. The number of ether oxygens (including phenoxy) is 2. The van der Waals surface area contributed by atoms with Crippen LogP contribution in [0.3, 0.4) is 0 Å². The molecule has 3 N–H and O–H groups in total. The van der Waals surface area contributed by atoms with Crippen molar-refractivity contribution in [2.24, 2.45) is 0 Å². The van der Waals surface area contributed by atoms with Crippen molar-refractivity contribution < 1.29 is 24.8 Å². The van der Waals surface area contributed by atoms with E-state index in [1.165, 1.54) is 7.11 Å². The Morgan fingerprint density at radius 1 is 1.09 bits per heavy atom. The second kappa shape index (κ2) is 8.72. The summed E-state index contributed by atoms with van der Waals surface area (Å²) in [6.45, 7) is 0.818. The predicted molar refractivity (Wildman–Crippen MR) is 88.4 cm³/mol. The summed E-state index contributed by atoms with van der Waals surface area (Å²) in [6.07, 6.45) is 7.20. The lowest BCUT2D eigenvalue weighted by molar-refractivity contribution is 0.0238. The average Bonchev–Trinajstić information content (AvgIpc) is 2.54. The number of benzene rings is 1. The number of hydrogen-bond acceptors (Lipinski definition) is 5. The monoisotopic (exact) mass is 320 g/mol. The van der Waals surface area contributed by atoms with Gasteiger partial charge in [-0.1, -0.05) is 24.3 Å². The molecule has 0 amide bonds. The van der Waals surface area contributed by atoms with Gasteiger partial charge >= 0.3 is 0 Å². The molecule has 126 valence electrons. The molecule has 1 heterocycles. The van der Waals surface area contributed by atoms with E-state index in [-0.39, 0.29) is 5.75 Å². The lowest BCUT2D eigenvalue weighted by atomic mass is 10.0. The molecular weight excluding hydrogens is 296 g/mol. The zero-order valence-electron chi connectivity index (χ0n) is 13.3. The number of phenols is 1. The molecule has 2 unspecified atom stereocenters. The standard InChI is InChI=1S/C18H24O5/c1-22-14-10-13-6-5-8-17(20)16(19)7-3-2-4-9-23-12-15(13)18(21)11-14/h2-3,5-6,10-11,16-17,19-21H,4,7-9,12H2,1H3/b3-2-,6-5+. The van der Waals surface area contributed by atoms with Gasteiger partial charge in [-0.3, -0.25) is 0 Å². The van der Waals surface area contributed by atoms with Gasteiger partial charge in [0, 0.05) is 11.6 Å². The summed E-state index contributed by atoms with van der Waals surface area (Å²) in [6, 6.07) is 3.36. The predicted octanol–water partition coefficient (Wildman–Crippen LogP) is 2.39. The Balaban J connectivity index is 2.27. The first-order valence-electron chi connectivity index (χ1n) is 7.77. The van der Waals surface area contributed by atoms with Crippen LogP contribution in [0, 0.1) is 0 Å². The molecule has 0 fully saturated rings. The number of rotatable bonds is 1. The number of fused-ring (bicyclic) bond motifs is 1. The van der Waals surface area contributed by atoms with E-state index in [4.69, 9.17) is 9.47 Å². The summed E-state index contributed by atoms with van der Waals surface area (Å²) in [5, 5.41) is 30.0. The minimum Gasteiger partial charge on any atom is -0.507 e. The zero-order valence-corrected chi connectivity index (χ0v) is 13.3. The Labute approximate surface area is 136 Å². The minimum atomic E-state index is -0.822. The summed E-state index contributed by atoms with van der Waals surface area (Å²) in [5.74, 6) is 0.669. The Morgan fingerprint density at radius 3 is 2.57 bits per heavy atom. The van der Waals surface area contributed by atoms with Crippen LogP contribution in [0.1, 0.15) is 30.4 Å². The molecule has 1 aliphatic heterocycles. The van der Waals surface area contributed by atoms with Gasteiger partial charge in [-0.15, -0.1) is 0 Å². The van der Waals surface area contributed by atoms with Crippen molar-refractivity contribution in [1.82, 2.24) is 0 Å². The molecule has 1 aromatic rings. The first-order valence-corrected chi connectivity index (χ1v) is 7.77. The summed E-state index contributed by atoms with van der Waals surface area (Å²) in [4.78, 5) is 0. The van der Waals surface area contributed by atoms with Crippen LogP contribution in [0.25, 0.3) is 6.08 Å². The van der Waals surface area contributed by atoms with Crippen LogP contribution in [0.2, 0.25) is 0 Å². The van der Waals surface area contributed by atoms with Crippen LogP contribution in [-0.2, 0) is 11.3 Å². The Morgan fingerprint density at radius 2 is 1.83 bits per heavy atom. The van der Waals surface area contributed by atoms with Crippen molar-refractivity contribution in [3.05, 3.63) is 41.5 Å². The van der Waals surface area contributed by atoms with Crippen molar-refractivity contribution >= 4 is 6.08 Å². The zero-order chi connectivity index (χ0) is 16.7. The summed E-state index contributed by atoms with van der Waals surface area (Å²) in [5.41, 5.74) is 1.45. The van der Waals surface area contributed by atoms with E-state index in [9.17, 15) is 15.3 Å². The highest BCUT2D eigenvalue weighted by Crippen LogP contribution is 2.30. The second-order valence-electron chi connectivity index (χ2n) is 5.54. The molecule has 23 heavy (non-hydrogen) atoms. The average molecular weight is 320 g/mol. The van der Waals surface area contributed by atoms with Gasteiger partial charge in [0.15, 0.2) is 0 Å². The normalized spacial score (nSPS) is 25.9. The fraction of sp³-hybridized carbons (Fsp3) is 0.444. The number of methoxy groups -OCH3 is 1. The molecule has 5 nitrogen and oxygen atoms in total. The molecule has 2 atom stereocenters. The Hall–Kier alpha value is -1.82. The first kappa shape index (κ1) is 17.5. The highest BCUT2D eigenvalue weighted by Gasteiger charge is 2.14. The molecule has 0 aliphatic carbocycles. The van der Waals surface area contributed by atoms with Crippen LogP contribution in [-0.4, -0.2) is 41.2 Å². The third kappa shape index (κ3) is 5.10. The highest BCUT2D eigenvalue weighted by molar-refractivity contribution is 5.60. The van der Waals surface area contributed by atoms with E-state index in [0.717, 1.165) is 5.56 Å². The van der Waals surface area contributed by atoms with Gasteiger partial charge in [0.2, 0.25) is 0 Å². The van der Waals surface area contributed by atoms with Crippen LogP contribution < -0.4 is 4.74 Å². The van der Waals surface area contributed by atoms with Crippen molar-refractivity contribution in [2.75, 3.05) is 13.7 Å². The van der Waals surface area contributed by atoms with Crippen LogP contribution >= 0.6 is 0 Å². The number of hydrogen-bond donors (Lipinski definition) is 3. The van der Waals surface area contributed by atoms with Gasteiger partial charge < -0.3 is 24.8 Å². The maximum atomic E-state index is 10.2. The maximum Gasteiger partial charge on any atom is 0.125 e. The maximum absolute atomic E-state index is 10.2. The topological polar surface area (TPSA) is 79.2 Å². The first-order chi connectivity index (χ1) is 11.1. The van der Waals surface area contributed by atoms with E-state index < -0.39 is 12.2 Å². The van der Waals surface area contributed by atoms with E-state index in [2.05, 4.69) is 0 Å². The lowest BCUT2D eigenvalue weighted by Crippen LogP contribution is -2.24. The highest BCUT2D eigenvalue weighted by atomic mass is 16.5. The quantitative estimate of drug-likeness (QED) is 0.693. The molecule has 0 spiro atoms. The third-order valence-electron chi connectivity index (χ3n) is 3.81. The van der Waals surface area contributed by atoms with Gasteiger partial charge in [-0.05, 0) is 30.9 Å². The van der Waals surface area contributed by atoms with Crippen molar-refractivity contribution in [3.8, 4) is 11.5 Å². The van der Waals surface area contributed by atoms with Crippen molar-refractivity contribution in [2.45, 2.75) is 38.1 Å². The smallest absolute Gasteiger partial charge is 0.125 e. The van der Waals surface area contributed by atoms with Crippen molar-refractivity contribution in [3.63, 3.8) is 0 Å². The van der Waals surface area contributed by atoms with Gasteiger partial charge in [-0.25, -0.2) is 0 Å². The van der Waals surface area contributed by atoms with E-state index >= 15 is 0 Å². The molecular formula is C18H24O5. The van der Waals surface area contributed by atoms with E-state index in [0.29, 0.717) is 43.8 Å². The van der Waals surface area contributed by atoms with Gasteiger partial charge in [-0.2, -0.15) is 0 Å². The number of aliphatic hydroxyl groups excluding tert-OH is 2. The van der Waals surface area contributed by atoms with Crippen LogP contribution in [0.4, 0.5) is 0 Å². The molecule has 1 aromatic carbocycles. The summed E-state index contributed by atoms with van der Waals surface area (Å²) < 4.78 is 10.8. The summed E-state index contributed by atoms with van der Waals surface area (Å²) in [7, 11) is 1.54. The number of phenolic OH excluding ortho intramolecular Hbond substituents is 1. The van der Waals surface area contributed by atoms with Crippen LogP contribution in [0.15, 0.2) is 30.4 Å². The van der Waals surface area contributed by atoms with Gasteiger partial charge in [0.25, 0.3) is 0 Å². The molecule has 0 saturated heterocycles. The summed E-state index contributed by atoms with van der Waals surface area (Å²) >= 11 is 0. The number of aromatic hydroxyl groups is 1. The molecule has 0 radical (unpaired) electrons. The lowest BCUT2D eigenvalue weighted by Gasteiger charge is -2.15. The van der Waals surface area contributed by atoms with Gasteiger partial charge in [0.1, 0.15) is 11.5 Å².